The molecule has 0 saturated carbocycles. The summed E-state index contributed by atoms with van der Waals surface area (Å²) in [6.45, 7) is 2.87. The predicted molar refractivity (Wildman–Crippen MR) is 82.2 cm³/mol. The molecule has 0 N–H and O–H groups in total. The van der Waals surface area contributed by atoms with Gasteiger partial charge < -0.3 is 4.74 Å². The van der Waals surface area contributed by atoms with Gasteiger partial charge in [-0.2, -0.15) is 0 Å². The quantitative estimate of drug-likeness (QED) is 0.699. The van der Waals surface area contributed by atoms with E-state index in [4.69, 9.17) is 16.3 Å². The van der Waals surface area contributed by atoms with Gasteiger partial charge >= 0.3 is 0 Å². The fraction of sp³-hybridized carbons (Fsp3) is 0.250. The van der Waals surface area contributed by atoms with Crippen LogP contribution in [0, 0.1) is 6.92 Å². The first-order chi connectivity index (χ1) is 9.16. The van der Waals surface area contributed by atoms with Crippen molar-refractivity contribution in [1.29, 1.82) is 0 Å². The first-order valence-corrected chi connectivity index (χ1v) is 7.54. The summed E-state index contributed by atoms with van der Waals surface area (Å²) in [6.07, 6.45) is 0.976. The van der Waals surface area contributed by atoms with Gasteiger partial charge in [0.25, 0.3) is 0 Å². The third kappa shape index (κ3) is 2.39. The lowest BCUT2D eigenvalue weighted by molar-refractivity contribution is 0.357. The minimum atomic E-state index is -0.122. The Bertz CT molecular complexity index is 624. The van der Waals surface area contributed by atoms with Crippen LogP contribution in [0.5, 0.6) is 5.75 Å². The van der Waals surface area contributed by atoms with Crippen molar-refractivity contribution in [3.05, 3.63) is 63.1 Å². The Morgan fingerprint density at radius 3 is 2.95 bits per heavy atom. The second-order valence-electron chi connectivity index (χ2n) is 4.78. The molecule has 0 spiro atoms. The highest BCUT2D eigenvalue weighted by Crippen LogP contribution is 2.36. The molecule has 0 bridgehead atoms. The van der Waals surface area contributed by atoms with E-state index in [9.17, 15) is 0 Å². The third-order valence-corrected chi connectivity index (χ3v) is 4.93. The first-order valence-electron chi connectivity index (χ1n) is 6.31. The van der Waals surface area contributed by atoms with Crippen LogP contribution >= 0.6 is 27.5 Å². The second-order valence-corrected chi connectivity index (χ2v) is 6.07. The number of alkyl halides is 1. The maximum absolute atomic E-state index is 6.65. The van der Waals surface area contributed by atoms with E-state index in [2.05, 4.69) is 41.1 Å². The Labute approximate surface area is 126 Å². The maximum atomic E-state index is 6.65. The van der Waals surface area contributed by atoms with Crippen molar-refractivity contribution >= 4 is 27.5 Å². The summed E-state index contributed by atoms with van der Waals surface area (Å²) in [6, 6.07) is 12.4. The Balaban J connectivity index is 2.00. The van der Waals surface area contributed by atoms with Crippen LogP contribution in [0.2, 0.25) is 0 Å². The molecule has 1 nitrogen and oxygen atoms in total. The van der Waals surface area contributed by atoms with Crippen LogP contribution in [0.25, 0.3) is 0 Å². The van der Waals surface area contributed by atoms with Crippen molar-refractivity contribution in [2.45, 2.75) is 18.7 Å². The Morgan fingerprint density at radius 1 is 1.26 bits per heavy atom. The molecule has 1 unspecified atom stereocenters. The molecule has 98 valence electrons. The van der Waals surface area contributed by atoms with E-state index in [-0.39, 0.29) is 5.38 Å². The van der Waals surface area contributed by atoms with Gasteiger partial charge in [0, 0.05) is 10.9 Å². The zero-order valence-electron chi connectivity index (χ0n) is 10.6. The van der Waals surface area contributed by atoms with Crippen molar-refractivity contribution in [3.63, 3.8) is 0 Å². The van der Waals surface area contributed by atoms with Gasteiger partial charge in [-0.1, -0.05) is 40.2 Å². The van der Waals surface area contributed by atoms with Crippen molar-refractivity contribution < 1.29 is 4.74 Å². The first kappa shape index (κ1) is 13.0. The van der Waals surface area contributed by atoms with E-state index in [1.807, 2.05) is 18.2 Å². The number of hydrogen-bond acceptors (Lipinski definition) is 1. The minimum absolute atomic E-state index is 0.122. The van der Waals surface area contributed by atoms with Crippen LogP contribution < -0.4 is 4.74 Å². The highest BCUT2D eigenvalue weighted by Gasteiger charge is 2.18. The van der Waals surface area contributed by atoms with E-state index in [0.29, 0.717) is 0 Å². The molecule has 0 aliphatic carbocycles. The van der Waals surface area contributed by atoms with Crippen LogP contribution in [0.4, 0.5) is 0 Å². The number of halogens is 2. The van der Waals surface area contributed by atoms with Crippen LogP contribution in [-0.4, -0.2) is 6.61 Å². The molecular formula is C16H14BrClO. The third-order valence-electron chi connectivity index (χ3n) is 3.59. The van der Waals surface area contributed by atoms with E-state index in [0.717, 1.165) is 34.4 Å². The average molecular weight is 338 g/mol. The second kappa shape index (κ2) is 5.18. The molecule has 3 heteroatoms. The van der Waals surface area contributed by atoms with Gasteiger partial charge in [-0.3, -0.25) is 0 Å². The SMILES string of the molecule is Cc1c(Br)cccc1C(Cl)c1ccc2c(c1)CCO2. The van der Waals surface area contributed by atoms with Gasteiger partial charge in [-0.05, 0) is 41.3 Å². The summed E-state index contributed by atoms with van der Waals surface area (Å²) in [5.74, 6) is 0.999. The topological polar surface area (TPSA) is 9.23 Å². The molecule has 2 aromatic rings. The van der Waals surface area contributed by atoms with Crippen LogP contribution in [0.1, 0.15) is 27.6 Å². The molecule has 3 rings (SSSR count). The van der Waals surface area contributed by atoms with Gasteiger partial charge in [0.15, 0.2) is 0 Å². The molecule has 0 radical (unpaired) electrons. The lowest BCUT2D eigenvalue weighted by atomic mass is 9.98. The van der Waals surface area contributed by atoms with Crippen molar-refractivity contribution in [1.82, 2.24) is 0 Å². The molecule has 0 amide bonds. The summed E-state index contributed by atoms with van der Waals surface area (Å²) in [4.78, 5) is 0. The summed E-state index contributed by atoms with van der Waals surface area (Å²) >= 11 is 10.2. The molecular weight excluding hydrogens is 324 g/mol. The van der Waals surface area contributed by atoms with Crippen LogP contribution in [-0.2, 0) is 6.42 Å². The highest BCUT2D eigenvalue weighted by atomic mass is 79.9. The molecule has 2 aromatic carbocycles. The molecule has 1 heterocycles. The minimum Gasteiger partial charge on any atom is -0.493 e. The van der Waals surface area contributed by atoms with E-state index in [1.165, 1.54) is 11.1 Å². The predicted octanol–water partition coefficient (Wildman–Crippen LogP) is 5.02. The van der Waals surface area contributed by atoms with Crippen LogP contribution in [0.3, 0.4) is 0 Å². The van der Waals surface area contributed by atoms with Crippen molar-refractivity contribution in [3.8, 4) is 5.75 Å². The van der Waals surface area contributed by atoms with E-state index in [1.54, 1.807) is 0 Å². The van der Waals surface area contributed by atoms with Gasteiger partial charge in [-0.25, -0.2) is 0 Å². The number of fused-ring (bicyclic) bond motifs is 1. The summed E-state index contributed by atoms with van der Waals surface area (Å²) in [5.41, 5.74) is 4.73. The van der Waals surface area contributed by atoms with Gasteiger partial charge in [0.1, 0.15) is 5.75 Å². The van der Waals surface area contributed by atoms with E-state index < -0.39 is 0 Å². The monoisotopic (exact) mass is 336 g/mol. The summed E-state index contributed by atoms with van der Waals surface area (Å²) in [5, 5.41) is -0.122. The number of rotatable bonds is 2. The number of ether oxygens (including phenoxy) is 1. The highest BCUT2D eigenvalue weighted by molar-refractivity contribution is 9.10. The molecule has 1 aliphatic rings. The largest absolute Gasteiger partial charge is 0.493 e. The molecule has 19 heavy (non-hydrogen) atoms. The van der Waals surface area contributed by atoms with Gasteiger partial charge in [0.05, 0.1) is 12.0 Å². The van der Waals surface area contributed by atoms with Crippen molar-refractivity contribution in [2.24, 2.45) is 0 Å². The van der Waals surface area contributed by atoms with Gasteiger partial charge in [0.2, 0.25) is 0 Å². The Morgan fingerprint density at radius 2 is 2.11 bits per heavy atom. The maximum Gasteiger partial charge on any atom is 0.122 e. The molecule has 1 atom stereocenters. The number of hydrogen-bond donors (Lipinski definition) is 0. The fourth-order valence-electron chi connectivity index (χ4n) is 2.44. The zero-order chi connectivity index (χ0) is 13.4. The summed E-state index contributed by atoms with van der Waals surface area (Å²) < 4.78 is 6.63. The lowest BCUT2D eigenvalue weighted by Gasteiger charge is -2.15. The lowest BCUT2D eigenvalue weighted by Crippen LogP contribution is -1.97. The van der Waals surface area contributed by atoms with E-state index >= 15 is 0 Å². The average Bonchev–Trinajstić information content (AvgIpc) is 2.88. The Kier molecular flexibility index (Phi) is 3.55. The fourth-order valence-corrected chi connectivity index (χ4v) is 3.20. The molecule has 0 aromatic heterocycles. The van der Waals surface area contributed by atoms with Gasteiger partial charge in [-0.15, -0.1) is 11.6 Å². The normalized spacial score (nSPS) is 14.9. The molecule has 0 saturated heterocycles. The molecule has 0 fully saturated rings. The smallest absolute Gasteiger partial charge is 0.122 e. The number of benzene rings is 2. The standard InChI is InChI=1S/C16H14BrClO/c1-10-13(3-2-4-14(10)17)16(18)12-5-6-15-11(9-12)7-8-19-15/h2-6,9,16H,7-8H2,1H3. The van der Waals surface area contributed by atoms with Crippen LogP contribution in [0.15, 0.2) is 40.9 Å². The summed E-state index contributed by atoms with van der Waals surface area (Å²) in [7, 11) is 0. The Hall–Kier alpha value is -0.990. The van der Waals surface area contributed by atoms with Crippen molar-refractivity contribution in [2.75, 3.05) is 6.61 Å². The molecule has 1 aliphatic heterocycles. The zero-order valence-corrected chi connectivity index (χ0v) is 13.0.